The Kier molecular flexibility index (Phi) is 3.90. The summed E-state index contributed by atoms with van der Waals surface area (Å²) in [6, 6.07) is 2.13. The van der Waals surface area contributed by atoms with Crippen LogP contribution in [0.1, 0.15) is 18.9 Å². The van der Waals surface area contributed by atoms with E-state index in [0.717, 1.165) is 19.4 Å². The molecule has 1 rings (SSSR count). The molecule has 1 atom stereocenters. The first-order chi connectivity index (χ1) is 6.14. The molecule has 0 aliphatic rings. The smallest absolute Gasteiger partial charge is 0.0479 e. The fourth-order valence-electron chi connectivity index (χ4n) is 1.28. The van der Waals surface area contributed by atoms with Crippen molar-refractivity contribution in [2.45, 2.75) is 25.3 Å². The third-order valence-electron chi connectivity index (χ3n) is 2.07. The van der Waals surface area contributed by atoms with Crippen molar-refractivity contribution in [1.82, 2.24) is 0 Å². The van der Waals surface area contributed by atoms with E-state index >= 15 is 0 Å². The molecule has 3 heteroatoms. The summed E-state index contributed by atoms with van der Waals surface area (Å²) >= 11 is 1.72. The first-order valence-corrected chi connectivity index (χ1v) is 5.37. The lowest BCUT2D eigenvalue weighted by Crippen LogP contribution is -2.39. The minimum Gasteiger partial charge on any atom is -0.385 e. The van der Waals surface area contributed by atoms with Gasteiger partial charge in [-0.05, 0) is 42.2 Å². The number of methoxy groups -OCH3 is 1. The Morgan fingerprint density at radius 1 is 1.62 bits per heavy atom. The van der Waals surface area contributed by atoms with Gasteiger partial charge in [-0.1, -0.05) is 0 Å². The molecular formula is C10H17NOS. The lowest BCUT2D eigenvalue weighted by atomic mass is 9.92. The van der Waals surface area contributed by atoms with Gasteiger partial charge < -0.3 is 10.5 Å². The van der Waals surface area contributed by atoms with Gasteiger partial charge in [-0.25, -0.2) is 0 Å². The fraction of sp³-hybridized carbons (Fsp3) is 0.600. The van der Waals surface area contributed by atoms with Crippen LogP contribution in [0.5, 0.6) is 0 Å². The Balaban J connectivity index is 2.42. The van der Waals surface area contributed by atoms with E-state index in [0.29, 0.717) is 0 Å². The molecule has 0 aliphatic heterocycles. The van der Waals surface area contributed by atoms with Crippen LogP contribution >= 0.6 is 11.3 Å². The molecule has 1 aromatic rings. The molecule has 0 aliphatic carbocycles. The zero-order valence-electron chi connectivity index (χ0n) is 8.25. The van der Waals surface area contributed by atoms with E-state index in [4.69, 9.17) is 10.5 Å². The quantitative estimate of drug-likeness (QED) is 0.787. The van der Waals surface area contributed by atoms with Gasteiger partial charge in [0.25, 0.3) is 0 Å². The number of hydrogen-bond acceptors (Lipinski definition) is 3. The summed E-state index contributed by atoms with van der Waals surface area (Å²) in [5.41, 5.74) is 7.30. The van der Waals surface area contributed by atoms with Gasteiger partial charge in [0.1, 0.15) is 0 Å². The lowest BCUT2D eigenvalue weighted by molar-refractivity contribution is 0.171. The minimum atomic E-state index is -0.142. The molecule has 2 N–H and O–H groups in total. The van der Waals surface area contributed by atoms with Crippen molar-refractivity contribution in [1.29, 1.82) is 0 Å². The molecule has 74 valence electrons. The molecule has 0 fully saturated rings. The predicted octanol–water partition coefficient (Wildman–Crippen LogP) is 2.04. The van der Waals surface area contributed by atoms with Crippen LogP contribution in [-0.4, -0.2) is 19.3 Å². The zero-order chi connectivity index (χ0) is 9.73. The van der Waals surface area contributed by atoms with Gasteiger partial charge in [0, 0.05) is 19.3 Å². The standard InChI is InChI=1S/C10H17NOS/c1-10(11,4-5-12-2)7-9-3-6-13-8-9/h3,6,8H,4-5,7,11H2,1-2H3. The van der Waals surface area contributed by atoms with Crippen LogP contribution in [0.2, 0.25) is 0 Å². The summed E-state index contributed by atoms with van der Waals surface area (Å²) in [7, 11) is 1.71. The first kappa shape index (κ1) is 10.7. The van der Waals surface area contributed by atoms with E-state index in [9.17, 15) is 0 Å². The van der Waals surface area contributed by atoms with Crippen molar-refractivity contribution in [3.8, 4) is 0 Å². The predicted molar refractivity (Wildman–Crippen MR) is 57.1 cm³/mol. The van der Waals surface area contributed by atoms with Crippen LogP contribution in [0.25, 0.3) is 0 Å². The topological polar surface area (TPSA) is 35.2 Å². The summed E-state index contributed by atoms with van der Waals surface area (Å²) in [4.78, 5) is 0. The van der Waals surface area contributed by atoms with Crippen LogP contribution in [-0.2, 0) is 11.2 Å². The van der Waals surface area contributed by atoms with E-state index in [1.807, 2.05) is 0 Å². The third kappa shape index (κ3) is 3.89. The van der Waals surface area contributed by atoms with Crippen LogP contribution in [0.3, 0.4) is 0 Å². The van der Waals surface area contributed by atoms with Gasteiger partial charge >= 0.3 is 0 Å². The SMILES string of the molecule is COCCC(C)(N)Cc1ccsc1. The Morgan fingerprint density at radius 2 is 2.38 bits per heavy atom. The largest absolute Gasteiger partial charge is 0.385 e. The first-order valence-electron chi connectivity index (χ1n) is 4.43. The van der Waals surface area contributed by atoms with Crippen molar-refractivity contribution in [3.63, 3.8) is 0 Å². The van der Waals surface area contributed by atoms with Crippen molar-refractivity contribution in [2.75, 3.05) is 13.7 Å². The van der Waals surface area contributed by atoms with Crippen LogP contribution in [0, 0.1) is 0 Å². The Labute approximate surface area is 83.7 Å². The Hall–Kier alpha value is -0.380. The molecule has 0 saturated carbocycles. The Bertz CT molecular complexity index is 231. The maximum atomic E-state index is 6.12. The van der Waals surface area contributed by atoms with Crippen molar-refractivity contribution < 1.29 is 4.74 Å². The van der Waals surface area contributed by atoms with E-state index in [2.05, 4.69) is 23.8 Å². The number of ether oxygens (including phenoxy) is 1. The molecule has 0 saturated heterocycles. The molecule has 0 bridgehead atoms. The van der Waals surface area contributed by atoms with E-state index in [1.165, 1.54) is 5.56 Å². The molecule has 2 nitrogen and oxygen atoms in total. The summed E-state index contributed by atoms with van der Waals surface area (Å²) in [6.45, 7) is 2.81. The second kappa shape index (κ2) is 4.74. The van der Waals surface area contributed by atoms with Gasteiger partial charge in [0.15, 0.2) is 0 Å². The molecule has 0 amide bonds. The molecule has 1 aromatic heterocycles. The fourth-order valence-corrected chi connectivity index (χ4v) is 1.95. The number of thiophene rings is 1. The molecule has 1 unspecified atom stereocenters. The Morgan fingerprint density at radius 3 is 2.92 bits per heavy atom. The molecule has 13 heavy (non-hydrogen) atoms. The monoisotopic (exact) mass is 199 g/mol. The molecule has 0 radical (unpaired) electrons. The van der Waals surface area contributed by atoms with Crippen molar-refractivity contribution in [3.05, 3.63) is 22.4 Å². The number of rotatable bonds is 5. The minimum absolute atomic E-state index is 0.142. The highest BCUT2D eigenvalue weighted by atomic mass is 32.1. The number of nitrogens with two attached hydrogens (primary N) is 1. The van der Waals surface area contributed by atoms with E-state index < -0.39 is 0 Å². The summed E-state index contributed by atoms with van der Waals surface area (Å²) in [5.74, 6) is 0. The summed E-state index contributed by atoms with van der Waals surface area (Å²) in [6.07, 6.45) is 1.83. The highest BCUT2D eigenvalue weighted by Gasteiger charge is 2.18. The van der Waals surface area contributed by atoms with Crippen LogP contribution < -0.4 is 5.73 Å². The summed E-state index contributed by atoms with van der Waals surface area (Å²) < 4.78 is 5.02. The van der Waals surface area contributed by atoms with Crippen LogP contribution in [0.4, 0.5) is 0 Å². The lowest BCUT2D eigenvalue weighted by Gasteiger charge is -2.23. The van der Waals surface area contributed by atoms with Gasteiger partial charge in [0.05, 0.1) is 0 Å². The second-order valence-electron chi connectivity index (χ2n) is 3.71. The maximum Gasteiger partial charge on any atom is 0.0479 e. The average Bonchev–Trinajstić information content (AvgIpc) is 2.52. The molecule has 0 aromatic carbocycles. The van der Waals surface area contributed by atoms with Gasteiger partial charge in [-0.2, -0.15) is 11.3 Å². The van der Waals surface area contributed by atoms with E-state index in [-0.39, 0.29) is 5.54 Å². The zero-order valence-corrected chi connectivity index (χ0v) is 9.06. The van der Waals surface area contributed by atoms with Crippen molar-refractivity contribution >= 4 is 11.3 Å². The molecule has 1 heterocycles. The van der Waals surface area contributed by atoms with Gasteiger partial charge in [-0.3, -0.25) is 0 Å². The van der Waals surface area contributed by atoms with E-state index in [1.54, 1.807) is 18.4 Å². The second-order valence-corrected chi connectivity index (χ2v) is 4.49. The highest BCUT2D eigenvalue weighted by molar-refractivity contribution is 7.07. The highest BCUT2D eigenvalue weighted by Crippen LogP contribution is 2.16. The third-order valence-corrected chi connectivity index (χ3v) is 2.80. The number of hydrogen-bond donors (Lipinski definition) is 1. The average molecular weight is 199 g/mol. The molecule has 0 spiro atoms. The van der Waals surface area contributed by atoms with Gasteiger partial charge in [0.2, 0.25) is 0 Å². The van der Waals surface area contributed by atoms with Crippen LogP contribution in [0.15, 0.2) is 16.8 Å². The summed E-state index contributed by atoms with van der Waals surface area (Å²) in [5, 5.41) is 4.24. The van der Waals surface area contributed by atoms with Gasteiger partial charge in [-0.15, -0.1) is 0 Å². The normalized spacial score (nSPS) is 15.6. The van der Waals surface area contributed by atoms with Crippen molar-refractivity contribution in [2.24, 2.45) is 5.73 Å². The molecular weight excluding hydrogens is 182 g/mol. The maximum absolute atomic E-state index is 6.12.